The second-order valence-electron chi connectivity index (χ2n) is 5.14. The van der Waals surface area contributed by atoms with E-state index in [1.165, 1.54) is 24.4 Å². The molecule has 1 aromatic rings. The summed E-state index contributed by atoms with van der Waals surface area (Å²) < 4.78 is 4.71. The fraction of sp³-hybridized carbons (Fsp3) is 0.500. The Morgan fingerprint density at radius 2 is 1.89 bits per heavy atom. The van der Waals surface area contributed by atoms with Crippen LogP contribution in [0.2, 0.25) is 0 Å². The van der Waals surface area contributed by atoms with Crippen LogP contribution in [0, 0.1) is 0 Å². The molecule has 0 bridgehead atoms. The number of esters is 1. The minimum absolute atomic E-state index is 0.138. The number of carbonyl (C=O) groups excluding carboxylic acids is 1. The second kappa shape index (κ2) is 6.25. The van der Waals surface area contributed by atoms with E-state index in [2.05, 4.69) is 32.9 Å². The van der Waals surface area contributed by atoms with Gasteiger partial charge in [-0.15, -0.1) is 11.8 Å². The number of ether oxygens (including phenoxy) is 1. The maximum atomic E-state index is 11.5. The molecule has 0 aliphatic heterocycles. The van der Waals surface area contributed by atoms with Crippen molar-refractivity contribution in [1.82, 2.24) is 0 Å². The summed E-state index contributed by atoms with van der Waals surface area (Å²) in [5.41, 5.74) is 6.98. The number of rotatable bonds is 4. The molecular weight excluding hydrogens is 246 g/mol. The highest BCUT2D eigenvalue weighted by Gasteiger charge is 2.19. The van der Waals surface area contributed by atoms with Crippen LogP contribution >= 0.6 is 11.8 Å². The van der Waals surface area contributed by atoms with Gasteiger partial charge >= 0.3 is 5.97 Å². The zero-order valence-corrected chi connectivity index (χ0v) is 12.2. The maximum Gasteiger partial charge on any atom is 0.320 e. The Kier molecular flexibility index (Phi) is 5.23. The lowest BCUT2D eigenvalue weighted by Crippen LogP contribution is -2.27. The van der Waals surface area contributed by atoms with E-state index in [9.17, 15) is 4.79 Å². The molecule has 2 N–H and O–H groups in total. The van der Waals surface area contributed by atoms with E-state index in [4.69, 9.17) is 10.5 Å². The molecule has 100 valence electrons. The number of benzene rings is 1. The summed E-state index contributed by atoms with van der Waals surface area (Å²) in [5.74, 6) is -0.276. The summed E-state index contributed by atoms with van der Waals surface area (Å²) in [5, 5.41) is -0.338. The quantitative estimate of drug-likeness (QED) is 0.673. The van der Waals surface area contributed by atoms with Crippen molar-refractivity contribution in [2.75, 3.05) is 13.7 Å². The van der Waals surface area contributed by atoms with Crippen molar-refractivity contribution >= 4 is 17.7 Å². The lowest BCUT2D eigenvalue weighted by atomic mass is 9.87. The fourth-order valence-corrected chi connectivity index (χ4v) is 2.43. The monoisotopic (exact) mass is 267 g/mol. The summed E-state index contributed by atoms with van der Waals surface area (Å²) in [6.45, 7) is 6.79. The molecule has 0 saturated heterocycles. The van der Waals surface area contributed by atoms with Crippen LogP contribution in [-0.2, 0) is 14.9 Å². The summed E-state index contributed by atoms with van der Waals surface area (Å²) >= 11 is 1.44. The molecule has 1 rings (SSSR count). The van der Waals surface area contributed by atoms with Gasteiger partial charge in [0.1, 0.15) is 5.25 Å². The molecule has 1 unspecified atom stereocenters. The van der Waals surface area contributed by atoms with Gasteiger partial charge in [0.25, 0.3) is 0 Å². The van der Waals surface area contributed by atoms with Gasteiger partial charge < -0.3 is 10.5 Å². The molecular formula is C14H21NO2S. The van der Waals surface area contributed by atoms with Crippen LogP contribution in [0.25, 0.3) is 0 Å². The lowest BCUT2D eigenvalue weighted by molar-refractivity contribution is -0.139. The molecule has 3 nitrogen and oxygen atoms in total. The smallest absolute Gasteiger partial charge is 0.320 e. The van der Waals surface area contributed by atoms with Crippen molar-refractivity contribution in [2.24, 2.45) is 5.73 Å². The van der Waals surface area contributed by atoms with Crippen LogP contribution in [0.15, 0.2) is 29.2 Å². The summed E-state index contributed by atoms with van der Waals surface area (Å²) in [6, 6.07) is 8.23. The molecule has 0 amide bonds. The van der Waals surface area contributed by atoms with E-state index in [1.54, 1.807) is 0 Å². The Labute approximate surface area is 113 Å². The Morgan fingerprint density at radius 1 is 1.33 bits per heavy atom. The highest BCUT2D eigenvalue weighted by Crippen LogP contribution is 2.28. The molecule has 0 saturated carbocycles. The van der Waals surface area contributed by atoms with Gasteiger partial charge in [0.15, 0.2) is 0 Å². The average molecular weight is 267 g/mol. The van der Waals surface area contributed by atoms with E-state index >= 15 is 0 Å². The number of carbonyl (C=O) groups is 1. The van der Waals surface area contributed by atoms with Crippen molar-refractivity contribution in [3.05, 3.63) is 29.8 Å². The number of methoxy groups -OCH3 is 1. The van der Waals surface area contributed by atoms with Gasteiger partial charge in [-0.25, -0.2) is 0 Å². The molecule has 0 aromatic heterocycles. The van der Waals surface area contributed by atoms with Crippen LogP contribution < -0.4 is 5.73 Å². The predicted molar refractivity (Wildman–Crippen MR) is 75.9 cm³/mol. The minimum atomic E-state index is -0.338. The summed E-state index contributed by atoms with van der Waals surface area (Å²) in [6.07, 6.45) is 0. The van der Waals surface area contributed by atoms with Crippen molar-refractivity contribution in [3.63, 3.8) is 0 Å². The van der Waals surface area contributed by atoms with Crippen LogP contribution in [0.3, 0.4) is 0 Å². The van der Waals surface area contributed by atoms with E-state index in [0.717, 1.165) is 4.90 Å². The Bertz CT molecular complexity index is 395. The van der Waals surface area contributed by atoms with Crippen LogP contribution in [0.5, 0.6) is 0 Å². The molecule has 0 aliphatic carbocycles. The highest BCUT2D eigenvalue weighted by atomic mass is 32.2. The predicted octanol–water partition coefficient (Wildman–Crippen LogP) is 2.58. The first kappa shape index (κ1) is 15.1. The van der Waals surface area contributed by atoms with Crippen LogP contribution in [-0.4, -0.2) is 24.9 Å². The first-order chi connectivity index (χ1) is 8.38. The largest absolute Gasteiger partial charge is 0.468 e. The highest BCUT2D eigenvalue weighted by molar-refractivity contribution is 8.00. The number of thioether (sulfide) groups is 1. The Hall–Kier alpha value is -1.00. The molecule has 18 heavy (non-hydrogen) atoms. The summed E-state index contributed by atoms with van der Waals surface area (Å²) in [4.78, 5) is 12.5. The Balaban J connectivity index is 2.77. The molecule has 1 aromatic carbocycles. The van der Waals surface area contributed by atoms with Gasteiger partial charge in [0, 0.05) is 11.4 Å². The van der Waals surface area contributed by atoms with Gasteiger partial charge in [-0.1, -0.05) is 32.9 Å². The topological polar surface area (TPSA) is 52.3 Å². The van der Waals surface area contributed by atoms with Crippen LogP contribution in [0.4, 0.5) is 0 Å². The second-order valence-corrected chi connectivity index (χ2v) is 6.42. The molecule has 0 radical (unpaired) electrons. The average Bonchev–Trinajstić information content (AvgIpc) is 2.34. The number of nitrogens with two attached hydrogens (primary N) is 1. The first-order valence-electron chi connectivity index (χ1n) is 5.93. The zero-order valence-electron chi connectivity index (χ0n) is 11.4. The third-order valence-electron chi connectivity index (χ3n) is 2.68. The molecule has 0 spiro atoms. The molecule has 0 aliphatic rings. The SMILES string of the molecule is COC(=O)C(CN)Sc1ccc(C(C)(C)C)cc1. The zero-order chi connectivity index (χ0) is 13.8. The van der Waals surface area contributed by atoms with Gasteiger partial charge in [-0.2, -0.15) is 0 Å². The van der Waals surface area contributed by atoms with E-state index < -0.39 is 0 Å². The van der Waals surface area contributed by atoms with Crippen LogP contribution in [0.1, 0.15) is 26.3 Å². The molecule has 4 heteroatoms. The minimum Gasteiger partial charge on any atom is -0.468 e. The third-order valence-corrected chi connectivity index (χ3v) is 3.89. The maximum absolute atomic E-state index is 11.5. The Morgan fingerprint density at radius 3 is 2.28 bits per heavy atom. The van der Waals surface area contributed by atoms with E-state index in [1.807, 2.05) is 12.1 Å². The van der Waals surface area contributed by atoms with Gasteiger partial charge in [-0.05, 0) is 23.1 Å². The van der Waals surface area contributed by atoms with E-state index in [-0.39, 0.29) is 23.2 Å². The normalized spacial score (nSPS) is 13.2. The first-order valence-corrected chi connectivity index (χ1v) is 6.81. The van der Waals surface area contributed by atoms with Crippen molar-refractivity contribution in [1.29, 1.82) is 0 Å². The third kappa shape index (κ3) is 4.03. The molecule has 0 heterocycles. The lowest BCUT2D eigenvalue weighted by Gasteiger charge is -2.19. The van der Waals surface area contributed by atoms with Gasteiger partial charge in [-0.3, -0.25) is 4.79 Å². The molecule has 0 fully saturated rings. The fourth-order valence-electron chi connectivity index (χ4n) is 1.52. The van der Waals surface area contributed by atoms with Crippen molar-refractivity contribution in [2.45, 2.75) is 36.3 Å². The standard InChI is InChI=1S/C14H21NO2S/c1-14(2,3)10-5-7-11(8-6-10)18-12(9-15)13(16)17-4/h5-8,12H,9,15H2,1-4H3. The molecule has 1 atom stereocenters. The van der Waals surface area contributed by atoms with Gasteiger partial charge in [0.2, 0.25) is 0 Å². The number of hydrogen-bond donors (Lipinski definition) is 1. The van der Waals surface area contributed by atoms with Crippen molar-refractivity contribution < 1.29 is 9.53 Å². The van der Waals surface area contributed by atoms with Gasteiger partial charge in [0.05, 0.1) is 7.11 Å². The van der Waals surface area contributed by atoms with E-state index in [0.29, 0.717) is 0 Å². The van der Waals surface area contributed by atoms with Crippen molar-refractivity contribution in [3.8, 4) is 0 Å². The summed E-state index contributed by atoms with van der Waals surface area (Å²) in [7, 11) is 1.38. The number of hydrogen-bond acceptors (Lipinski definition) is 4.